The minimum absolute atomic E-state index is 0.00803. The van der Waals surface area contributed by atoms with E-state index >= 15 is 0 Å². The Balaban J connectivity index is 2.85. The molecular formula is C11H13NO5S. The van der Waals surface area contributed by atoms with Gasteiger partial charge in [0.05, 0.1) is 17.0 Å². The van der Waals surface area contributed by atoms with Gasteiger partial charge < -0.3 is 10.4 Å². The maximum absolute atomic E-state index is 11.5. The number of sulfone groups is 1. The molecule has 1 aromatic carbocycles. The molecule has 0 saturated carbocycles. The number of anilines is 1. The predicted octanol–water partition coefficient (Wildman–Crippen LogP) is 0.893. The van der Waals surface area contributed by atoms with Crippen LogP contribution in [0, 0.1) is 0 Å². The lowest BCUT2D eigenvalue weighted by atomic mass is 10.2. The minimum atomic E-state index is -3.44. The van der Waals surface area contributed by atoms with Gasteiger partial charge in [-0.05, 0) is 12.1 Å². The number of hydrogen-bond acceptors (Lipinski definition) is 4. The zero-order valence-corrected chi connectivity index (χ0v) is 10.5. The van der Waals surface area contributed by atoms with E-state index in [0.717, 1.165) is 6.26 Å². The van der Waals surface area contributed by atoms with Crippen LogP contribution in [-0.4, -0.2) is 31.7 Å². The molecule has 0 bridgehead atoms. The number of carbonyl (C=O) groups is 2. The quantitative estimate of drug-likeness (QED) is 0.828. The number of rotatable bonds is 5. The number of carboxylic acid groups (broad SMARTS) is 1. The van der Waals surface area contributed by atoms with Crippen LogP contribution in [0.25, 0.3) is 0 Å². The summed E-state index contributed by atoms with van der Waals surface area (Å²) in [5.74, 6) is -1.62. The fraction of sp³-hybridized carbons (Fsp3) is 0.273. The van der Waals surface area contributed by atoms with Crippen molar-refractivity contribution in [3.8, 4) is 0 Å². The third-order valence-corrected chi connectivity index (χ3v) is 3.28. The van der Waals surface area contributed by atoms with Crippen molar-refractivity contribution in [2.45, 2.75) is 17.7 Å². The SMILES string of the molecule is CS(=O)(=O)c1ccccc1NC(=O)CCC(=O)O. The van der Waals surface area contributed by atoms with Crippen molar-refractivity contribution in [2.75, 3.05) is 11.6 Å². The molecule has 0 heterocycles. The number of nitrogens with one attached hydrogen (secondary N) is 1. The van der Waals surface area contributed by atoms with Crippen LogP contribution in [0.1, 0.15) is 12.8 Å². The van der Waals surface area contributed by atoms with Crippen molar-refractivity contribution < 1.29 is 23.1 Å². The number of para-hydroxylation sites is 1. The number of aliphatic carboxylic acids is 1. The molecule has 0 aliphatic rings. The van der Waals surface area contributed by atoms with Crippen LogP contribution in [0.4, 0.5) is 5.69 Å². The summed E-state index contributed by atoms with van der Waals surface area (Å²) in [7, 11) is -3.44. The maximum atomic E-state index is 11.5. The summed E-state index contributed by atoms with van der Waals surface area (Å²) in [6.45, 7) is 0. The number of amides is 1. The molecule has 98 valence electrons. The molecule has 0 spiro atoms. The van der Waals surface area contributed by atoms with Crippen molar-refractivity contribution in [1.29, 1.82) is 0 Å². The Morgan fingerprint density at radius 1 is 1.22 bits per heavy atom. The predicted molar refractivity (Wildman–Crippen MR) is 65.1 cm³/mol. The third-order valence-electron chi connectivity index (χ3n) is 2.13. The smallest absolute Gasteiger partial charge is 0.303 e. The fourth-order valence-electron chi connectivity index (χ4n) is 1.33. The van der Waals surface area contributed by atoms with Crippen LogP contribution in [-0.2, 0) is 19.4 Å². The Morgan fingerprint density at radius 3 is 2.39 bits per heavy atom. The lowest BCUT2D eigenvalue weighted by Crippen LogP contribution is -2.15. The summed E-state index contributed by atoms with van der Waals surface area (Å²) in [5.41, 5.74) is 0.162. The van der Waals surface area contributed by atoms with Gasteiger partial charge >= 0.3 is 5.97 Å². The highest BCUT2D eigenvalue weighted by atomic mass is 32.2. The first-order valence-electron chi connectivity index (χ1n) is 5.11. The second-order valence-corrected chi connectivity index (χ2v) is 5.69. The van der Waals surface area contributed by atoms with Crippen molar-refractivity contribution in [3.63, 3.8) is 0 Å². The molecule has 0 aliphatic carbocycles. The number of carbonyl (C=O) groups excluding carboxylic acids is 1. The van der Waals surface area contributed by atoms with Crippen LogP contribution < -0.4 is 5.32 Å². The summed E-state index contributed by atoms with van der Waals surface area (Å²) in [6, 6.07) is 5.96. The molecule has 1 aromatic rings. The molecule has 2 N–H and O–H groups in total. The average molecular weight is 271 g/mol. The third kappa shape index (κ3) is 4.17. The number of hydrogen-bond donors (Lipinski definition) is 2. The molecule has 0 aliphatic heterocycles. The Kier molecular flexibility index (Phi) is 4.43. The van der Waals surface area contributed by atoms with Gasteiger partial charge in [0.15, 0.2) is 9.84 Å². The lowest BCUT2D eigenvalue weighted by molar-refractivity contribution is -0.138. The van der Waals surface area contributed by atoms with E-state index in [1.165, 1.54) is 12.1 Å². The highest BCUT2D eigenvalue weighted by molar-refractivity contribution is 7.90. The van der Waals surface area contributed by atoms with Crippen molar-refractivity contribution >= 4 is 27.4 Å². The van der Waals surface area contributed by atoms with Gasteiger partial charge in [-0.15, -0.1) is 0 Å². The van der Waals surface area contributed by atoms with Crippen LogP contribution in [0.15, 0.2) is 29.2 Å². The largest absolute Gasteiger partial charge is 0.481 e. The second kappa shape index (κ2) is 5.63. The zero-order valence-electron chi connectivity index (χ0n) is 9.71. The van der Waals surface area contributed by atoms with Crippen molar-refractivity contribution in [3.05, 3.63) is 24.3 Å². The Labute approximate surface area is 105 Å². The van der Waals surface area contributed by atoms with Crippen LogP contribution in [0.2, 0.25) is 0 Å². The number of carboxylic acids is 1. The second-order valence-electron chi connectivity index (χ2n) is 3.71. The first-order valence-corrected chi connectivity index (χ1v) is 7.00. The summed E-state index contributed by atoms with van der Waals surface area (Å²) in [5, 5.41) is 10.8. The molecular weight excluding hydrogens is 258 g/mol. The molecule has 18 heavy (non-hydrogen) atoms. The topological polar surface area (TPSA) is 101 Å². The van der Waals surface area contributed by atoms with Gasteiger partial charge in [0.1, 0.15) is 0 Å². The summed E-state index contributed by atoms with van der Waals surface area (Å²) in [4.78, 5) is 21.7. The highest BCUT2D eigenvalue weighted by Gasteiger charge is 2.14. The Hall–Kier alpha value is -1.89. The van der Waals surface area contributed by atoms with Gasteiger partial charge in [-0.25, -0.2) is 8.42 Å². The molecule has 0 unspecified atom stereocenters. The summed E-state index contributed by atoms with van der Waals surface area (Å²) in [6.07, 6.45) is 0.537. The van der Waals surface area contributed by atoms with E-state index in [2.05, 4.69) is 5.32 Å². The van der Waals surface area contributed by atoms with Gasteiger partial charge in [-0.3, -0.25) is 9.59 Å². The monoisotopic (exact) mass is 271 g/mol. The first-order chi connectivity index (χ1) is 8.30. The molecule has 7 heteroatoms. The van der Waals surface area contributed by atoms with Gasteiger partial charge in [0, 0.05) is 12.7 Å². The van der Waals surface area contributed by atoms with E-state index in [-0.39, 0.29) is 23.4 Å². The summed E-state index contributed by atoms with van der Waals surface area (Å²) < 4.78 is 22.9. The molecule has 6 nitrogen and oxygen atoms in total. The molecule has 1 amide bonds. The fourth-order valence-corrected chi connectivity index (χ4v) is 2.17. The molecule has 0 aromatic heterocycles. The van der Waals surface area contributed by atoms with E-state index in [1.807, 2.05) is 0 Å². The van der Waals surface area contributed by atoms with E-state index in [0.29, 0.717) is 0 Å². The Bertz CT molecular complexity index is 565. The van der Waals surface area contributed by atoms with Crippen molar-refractivity contribution in [1.82, 2.24) is 0 Å². The van der Waals surface area contributed by atoms with Gasteiger partial charge in [-0.2, -0.15) is 0 Å². The van der Waals surface area contributed by atoms with Crippen LogP contribution >= 0.6 is 0 Å². The Morgan fingerprint density at radius 2 is 1.83 bits per heavy atom. The van der Waals surface area contributed by atoms with Gasteiger partial charge in [0.2, 0.25) is 5.91 Å². The summed E-state index contributed by atoms with van der Waals surface area (Å²) >= 11 is 0. The van der Waals surface area contributed by atoms with Crippen LogP contribution in [0.5, 0.6) is 0 Å². The van der Waals surface area contributed by atoms with E-state index in [1.54, 1.807) is 12.1 Å². The standard InChI is InChI=1S/C11H13NO5S/c1-18(16,17)9-5-3-2-4-8(9)12-10(13)6-7-11(14)15/h2-5H,6-7H2,1H3,(H,12,13)(H,14,15). The number of benzene rings is 1. The minimum Gasteiger partial charge on any atom is -0.481 e. The maximum Gasteiger partial charge on any atom is 0.303 e. The van der Waals surface area contributed by atoms with E-state index < -0.39 is 21.7 Å². The molecule has 1 rings (SSSR count). The normalized spacial score (nSPS) is 10.9. The molecule has 0 atom stereocenters. The van der Waals surface area contributed by atoms with E-state index in [4.69, 9.17) is 5.11 Å². The molecule has 0 radical (unpaired) electrons. The van der Waals surface area contributed by atoms with E-state index in [9.17, 15) is 18.0 Å². The lowest BCUT2D eigenvalue weighted by Gasteiger charge is -2.08. The van der Waals surface area contributed by atoms with Crippen LogP contribution in [0.3, 0.4) is 0 Å². The highest BCUT2D eigenvalue weighted by Crippen LogP contribution is 2.20. The molecule has 0 fully saturated rings. The molecule has 0 saturated heterocycles. The average Bonchev–Trinajstić information content (AvgIpc) is 2.25. The van der Waals surface area contributed by atoms with Gasteiger partial charge in [-0.1, -0.05) is 12.1 Å². The first kappa shape index (κ1) is 14.2. The van der Waals surface area contributed by atoms with Crippen molar-refractivity contribution in [2.24, 2.45) is 0 Å². The zero-order chi connectivity index (χ0) is 13.8. The van der Waals surface area contributed by atoms with Gasteiger partial charge in [0.25, 0.3) is 0 Å².